The summed E-state index contributed by atoms with van der Waals surface area (Å²) in [4.78, 5) is 13.1. The molecule has 0 fully saturated rings. The van der Waals surface area contributed by atoms with Crippen LogP contribution in [0.5, 0.6) is 0 Å². The third kappa shape index (κ3) is 3.23. The number of benzene rings is 1. The van der Waals surface area contributed by atoms with Crippen LogP contribution in [-0.4, -0.2) is 31.4 Å². The molecule has 0 aromatic heterocycles. The molecule has 0 aliphatic heterocycles. The van der Waals surface area contributed by atoms with Gasteiger partial charge in [-0.15, -0.1) is 0 Å². The van der Waals surface area contributed by atoms with E-state index in [2.05, 4.69) is 5.32 Å². The van der Waals surface area contributed by atoms with E-state index in [9.17, 15) is 13.6 Å². The molecule has 1 atom stereocenters. The van der Waals surface area contributed by atoms with Crippen molar-refractivity contribution in [3.05, 3.63) is 35.4 Å². The Morgan fingerprint density at radius 1 is 1.41 bits per heavy atom. The first kappa shape index (κ1) is 13.6. The van der Waals surface area contributed by atoms with Crippen LogP contribution in [0.25, 0.3) is 0 Å². The van der Waals surface area contributed by atoms with Crippen molar-refractivity contribution in [1.82, 2.24) is 10.2 Å². The Morgan fingerprint density at radius 2 is 2.06 bits per heavy atom. The van der Waals surface area contributed by atoms with Gasteiger partial charge >= 0.3 is 0 Å². The predicted octanol–water partition coefficient (Wildman–Crippen LogP) is 1.70. The van der Waals surface area contributed by atoms with E-state index < -0.39 is 11.6 Å². The standard InChI is InChI=1S/C12H16F2N2O/c1-8(16(3)12(17)7-15-2)9-4-5-10(13)11(14)6-9/h4-6,8,15H,7H2,1-3H3. The third-order valence-electron chi connectivity index (χ3n) is 2.73. The minimum atomic E-state index is -0.899. The first-order valence-corrected chi connectivity index (χ1v) is 5.32. The predicted molar refractivity (Wildman–Crippen MR) is 61.5 cm³/mol. The number of nitrogens with one attached hydrogen (secondary N) is 1. The second-order valence-electron chi connectivity index (χ2n) is 3.88. The highest BCUT2D eigenvalue weighted by atomic mass is 19.2. The molecule has 1 amide bonds. The van der Waals surface area contributed by atoms with Crippen LogP contribution in [0.2, 0.25) is 0 Å². The SMILES string of the molecule is CNCC(=O)N(C)C(C)c1ccc(F)c(F)c1. The molecule has 17 heavy (non-hydrogen) atoms. The molecule has 0 radical (unpaired) electrons. The fourth-order valence-electron chi connectivity index (χ4n) is 1.49. The number of nitrogens with zero attached hydrogens (tertiary/aromatic N) is 1. The molecule has 0 heterocycles. The molecular weight excluding hydrogens is 226 g/mol. The van der Waals surface area contributed by atoms with Crippen LogP contribution in [0.4, 0.5) is 8.78 Å². The molecule has 5 heteroatoms. The quantitative estimate of drug-likeness (QED) is 0.871. The van der Waals surface area contributed by atoms with Crippen molar-refractivity contribution in [2.75, 3.05) is 20.6 Å². The van der Waals surface area contributed by atoms with Crippen LogP contribution in [0.3, 0.4) is 0 Å². The summed E-state index contributed by atoms with van der Waals surface area (Å²) in [6.07, 6.45) is 0. The molecule has 1 aromatic rings. The summed E-state index contributed by atoms with van der Waals surface area (Å²) in [6.45, 7) is 1.98. The van der Waals surface area contributed by atoms with Crippen LogP contribution in [0, 0.1) is 11.6 Å². The molecule has 94 valence electrons. The highest BCUT2D eigenvalue weighted by Gasteiger charge is 2.17. The second kappa shape index (κ2) is 5.72. The average molecular weight is 242 g/mol. The number of rotatable bonds is 4. The topological polar surface area (TPSA) is 32.3 Å². The highest BCUT2D eigenvalue weighted by molar-refractivity contribution is 5.78. The normalized spacial score (nSPS) is 12.3. The molecule has 1 aromatic carbocycles. The van der Waals surface area contributed by atoms with Gasteiger partial charge in [-0.05, 0) is 31.7 Å². The lowest BCUT2D eigenvalue weighted by Crippen LogP contribution is -2.35. The molecule has 0 aliphatic rings. The van der Waals surface area contributed by atoms with E-state index >= 15 is 0 Å². The van der Waals surface area contributed by atoms with Crippen LogP contribution >= 0.6 is 0 Å². The zero-order valence-corrected chi connectivity index (χ0v) is 10.1. The number of carbonyl (C=O) groups is 1. The van der Waals surface area contributed by atoms with Gasteiger partial charge in [0.05, 0.1) is 12.6 Å². The van der Waals surface area contributed by atoms with E-state index in [0.717, 1.165) is 12.1 Å². The lowest BCUT2D eigenvalue weighted by atomic mass is 10.1. The molecule has 3 nitrogen and oxygen atoms in total. The zero-order chi connectivity index (χ0) is 13.0. The molecule has 1 rings (SSSR count). The van der Waals surface area contributed by atoms with Gasteiger partial charge in [0.25, 0.3) is 0 Å². The molecule has 0 saturated carbocycles. The van der Waals surface area contributed by atoms with E-state index in [1.54, 1.807) is 21.0 Å². The highest BCUT2D eigenvalue weighted by Crippen LogP contribution is 2.20. The molecule has 0 aliphatic carbocycles. The minimum absolute atomic E-state index is 0.107. The van der Waals surface area contributed by atoms with Crippen LogP contribution in [-0.2, 0) is 4.79 Å². The third-order valence-corrected chi connectivity index (χ3v) is 2.73. The Hall–Kier alpha value is -1.49. The van der Waals surface area contributed by atoms with Crippen LogP contribution in [0.15, 0.2) is 18.2 Å². The van der Waals surface area contributed by atoms with Crippen molar-refractivity contribution < 1.29 is 13.6 Å². The average Bonchev–Trinajstić information content (AvgIpc) is 2.31. The summed E-state index contributed by atoms with van der Waals surface area (Å²) in [6, 6.07) is 3.36. The van der Waals surface area contributed by atoms with Crippen molar-refractivity contribution >= 4 is 5.91 Å². The Morgan fingerprint density at radius 3 is 2.59 bits per heavy atom. The van der Waals surface area contributed by atoms with Crippen molar-refractivity contribution in [1.29, 1.82) is 0 Å². The fourth-order valence-corrected chi connectivity index (χ4v) is 1.49. The zero-order valence-electron chi connectivity index (χ0n) is 10.1. The van der Waals surface area contributed by atoms with E-state index in [1.165, 1.54) is 11.0 Å². The second-order valence-corrected chi connectivity index (χ2v) is 3.88. The van der Waals surface area contributed by atoms with Gasteiger partial charge in [0.15, 0.2) is 11.6 Å². The lowest BCUT2D eigenvalue weighted by Gasteiger charge is -2.25. The Balaban J connectivity index is 2.84. The van der Waals surface area contributed by atoms with Gasteiger partial charge in [-0.25, -0.2) is 8.78 Å². The largest absolute Gasteiger partial charge is 0.338 e. The van der Waals surface area contributed by atoms with Crippen molar-refractivity contribution in [2.45, 2.75) is 13.0 Å². The Labute approximate surface area is 99.4 Å². The van der Waals surface area contributed by atoms with Crippen LogP contribution < -0.4 is 5.32 Å². The van der Waals surface area contributed by atoms with E-state index in [0.29, 0.717) is 5.56 Å². The summed E-state index contributed by atoms with van der Waals surface area (Å²) in [5.74, 6) is -1.89. The maximum Gasteiger partial charge on any atom is 0.236 e. The van der Waals surface area contributed by atoms with Gasteiger partial charge in [0.2, 0.25) is 5.91 Å². The number of hydrogen-bond donors (Lipinski definition) is 1. The minimum Gasteiger partial charge on any atom is -0.338 e. The van der Waals surface area contributed by atoms with Gasteiger partial charge in [0.1, 0.15) is 0 Å². The summed E-state index contributed by atoms with van der Waals surface area (Å²) >= 11 is 0. The molecule has 1 N–H and O–H groups in total. The molecule has 0 saturated heterocycles. The van der Waals surface area contributed by atoms with E-state index in [1.807, 2.05) is 0 Å². The number of likely N-dealkylation sites (N-methyl/N-ethyl adjacent to an activating group) is 2. The molecule has 1 unspecified atom stereocenters. The molecule has 0 spiro atoms. The molecular formula is C12H16F2N2O. The number of amides is 1. The Kier molecular flexibility index (Phi) is 4.57. The fraction of sp³-hybridized carbons (Fsp3) is 0.417. The summed E-state index contributed by atoms with van der Waals surface area (Å²) < 4.78 is 25.8. The number of halogens is 2. The van der Waals surface area contributed by atoms with Crippen molar-refractivity contribution in [2.24, 2.45) is 0 Å². The summed E-state index contributed by atoms with van der Waals surface area (Å²) in [5, 5.41) is 2.75. The first-order valence-electron chi connectivity index (χ1n) is 5.32. The maximum atomic E-state index is 13.1. The monoisotopic (exact) mass is 242 g/mol. The van der Waals surface area contributed by atoms with Gasteiger partial charge < -0.3 is 10.2 Å². The van der Waals surface area contributed by atoms with Gasteiger partial charge in [0, 0.05) is 7.05 Å². The Bertz CT molecular complexity index is 409. The lowest BCUT2D eigenvalue weighted by molar-refractivity contribution is -0.130. The van der Waals surface area contributed by atoms with Gasteiger partial charge in [-0.2, -0.15) is 0 Å². The number of hydrogen-bond acceptors (Lipinski definition) is 2. The maximum absolute atomic E-state index is 13.1. The summed E-state index contributed by atoms with van der Waals surface area (Å²) in [5.41, 5.74) is 0.566. The number of carbonyl (C=O) groups excluding carboxylic acids is 1. The van der Waals surface area contributed by atoms with Crippen molar-refractivity contribution in [3.8, 4) is 0 Å². The van der Waals surface area contributed by atoms with E-state index in [-0.39, 0.29) is 18.5 Å². The smallest absolute Gasteiger partial charge is 0.236 e. The summed E-state index contributed by atoms with van der Waals surface area (Å²) in [7, 11) is 3.31. The first-order chi connectivity index (χ1) is 7.97. The van der Waals surface area contributed by atoms with E-state index in [4.69, 9.17) is 0 Å². The van der Waals surface area contributed by atoms with Gasteiger partial charge in [-0.1, -0.05) is 6.07 Å². The molecule has 0 bridgehead atoms. The van der Waals surface area contributed by atoms with Crippen molar-refractivity contribution in [3.63, 3.8) is 0 Å². The van der Waals surface area contributed by atoms with Crippen LogP contribution in [0.1, 0.15) is 18.5 Å². The van der Waals surface area contributed by atoms with Gasteiger partial charge in [-0.3, -0.25) is 4.79 Å².